The van der Waals surface area contributed by atoms with Crippen molar-refractivity contribution in [3.63, 3.8) is 0 Å². The van der Waals surface area contributed by atoms with Crippen LogP contribution in [0.4, 0.5) is 5.69 Å². The lowest BCUT2D eigenvalue weighted by atomic mass is 9.68. The third kappa shape index (κ3) is 7.87. The maximum Gasteiger partial charge on any atom is 0.264 e. The number of nitrogens with one attached hydrogen (secondary N) is 1. The van der Waals surface area contributed by atoms with Crippen molar-refractivity contribution in [3.05, 3.63) is 106 Å². The van der Waals surface area contributed by atoms with Crippen LogP contribution in [0.1, 0.15) is 72.0 Å². The standard InChI is InChI=1S/C39H45ClN2O7S2/c40-31-14-16-34-28(21-31)9-6-19-39(34)25-42-23-30-12-15-33(30)36(43)11-5-4-10-32(18-20-50(45,46)24-27-7-2-1-3-8-27)51(47,48)41-38(44)29-13-17-37(49-26-39)35(42)22-29/h1-3,5,7-8,11,13-14,16-17,21-22,30,32-33,36,43H,4,6,9-10,12,15,18-20,23-26H2,(H,41,44)/b11-5+/t30-,32+,33+,36-,39-/m0/s1. The van der Waals surface area contributed by atoms with Crippen LogP contribution in [0.2, 0.25) is 5.02 Å². The van der Waals surface area contributed by atoms with Crippen LogP contribution in [0.3, 0.4) is 0 Å². The molecule has 0 aromatic heterocycles. The molecule has 2 aliphatic carbocycles. The highest BCUT2D eigenvalue weighted by Gasteiger charge is 2.44. The van der Waals surface area contributed by atoms with Crippen LogP contribution in [0.25, 0.3) is 0 Å². The van der Waals surface area contributed by atoms with Crippen molar-refractivity contribution in [2.75, 3.05) is 30.3 Å². The number of rotatable bonds is 5. The number of fused-ring (bicyclic) bond motifs is 4. The molecular weight excluding hydrogens is 708 g/mol. The zero-order valence-corrected chi connectivity index (χ0v) is 30.9. The number of nitrogens with zero attached hydrogens (tertiary/aromatic N) is 1. The van der Waals surface area contributed by atoms with Gasteiger partial charge in [0.2, 0.25) is 10.0 Å². The molecule has 9 nitrogen and oxygen atoms in total. The fourth-order valence-corrected chi connectivity index (χ4v) is 11.7. The number of anilines is 1. The molecule has 3 aromatic rings. The zero-order chi connectivity index (χ0) is 35.8. The number of amides is 1. The van der Waals surface area contributed by atoms with Gasteiger partial charge in [0.25, 0.3) is 5.91 Å². The van der Waals surface area contributed by atoms with Crippen molar-refractivity contribution in [1.82, 2.24) is 4.72 Å². The van der Waals surface area contributed by atoms with Gasteiger partial charge in [0.1, 0.15) is 5.75 Å². The predicted molar refractivity (Wildman–Crippen MR) is 200 cm³/mol. The first-order chi connectivity index (χ1) is 24.4. The van der Waals surface area contributed by atoms with Gasteiger partial charge in [0.05, 0.1) is 35.2 Å². The minimum atomic E-state index is -4.28. The Morgan fingerprint density at radius 3 is 2.65 bits per heavy atom. The quantitative estimate of drug-likeness (QED) is 0.305. The van der Waals surface area contributed by atoms with E-state index in [9.17, 15) is 26.7 Å². The number of aliphatic hydroxyl groups excluding tert-OH is 1. The van der Waals surface area contributed by atoms with E-state index >= 15 is 0 Å². The third-order valence-electron chi connectivity index (χ3n) is 11.3. The first-order valence-electron chi connectivity index (χ1n) is 17.9. The fraction of sp³-hybridized carbons (Fsp3) is 0.462. The molecule has 51 heavy (non-hydrogen) atoms. The highest BCUT2D eigenvalue weighted by molar-refractivity contribution is 7.91. The molecule has 4 aliphatic rings. The highest BCUT2D eigenvalue weighted by Crippen LogP contribution is 2.46. The molecule has 272 valence electrons. The maximum absolute atomic E-state index is 13.8. The van der Waals surface area contributed by atoms with E-state index in [-0.39, 0.29) is 47.2 Å². The fourth-order valence-electron chi connectivity index (χ4n) is 8.41. The van der Waals surface area contributed by atoms with Crippen molar-refractivity contribution >= 4 is 43.1 Å². The van der Waals surface area contributed by atoms with Gasteiger partial charge in [-0.05, 0) is 110 Å². The topological polar surface area (TPSA) is 130 Å². The van der Waals surface area contributed by atoms with Gasteiger partial charge in [0.15, 0.2) is 9.84 Å². The molecule has 1 amide bonds. The van der Waals surface area contributed by atoms with Crippen LogP contribution in [0.15, 0.2) is 78.9 Å². The van der Waals surface area contributed by atoms with Crippen LogP contribution in [0, 0.1) is 11.8 Å². The average molecular weight is 753 g/mol. The van der Waals surface area contributed by atoms with Crippen molar-refractivity contribution in [1.29, 1.82) is 0 Å². The number of sulfone groups is 1. The summed E-state index contributed by atoms with van der Waals surface area (Å²) in [5.74, 6) is -0.466. The lowest BCUT2D eigenvalue weighted by Gasteiger charge is -2.45. The minimum Gasteiger partial charge on any atom is -0.490 e. The van der Waals surface area contributed by atoms with E-state index in [0.29, 0.717) is 48.1 Å². The molecule has 2 bridgehead atoms. The van der Waals surface area contributed by atoms with Gasteiger partial charge in [-0.2, -0.15) is 0 Å². The second-order valence-electron chi connectivity index (χ2n) is 14.7. The zero-order valence-electron chi connectivity index (χ0n) is 28.5. The normalized spacial score (nSPS) is 28.3. The van der Waals surface area contributed by atoms with Crippen molar-refractivity contribution in [3.8, 4) is 5.75 Å². The summed E-state index contributed by atoms with van der Waals surface area (Å²) in [6, 6.07) is 19.9. The van der Waals surface area contributed by atoms with Crippen molar-refractivity contribution in [2.24, 2.45) is 11.8 Å². The number of ether oxygens (including phenoxy) is 1. The molecule has 7 rings (SSSR count). The van der Waals surface area contributed by atoms with E-state index in [2.05, 4.69) is 15.7 Å². The Morgan fingerprint density at radius 2 is 1.86 bits per heavy atom. The van der Waals surface area contributed by atoms with Crippen LogP contribution in [0.5, 0.6) is 5.75 Å². The molecule has 12 heteroatoms. The van der Waals surface area contributed by atoms with Gasteiger partial charge in [-0.3, -0.25) is 4.79 Å². The lowest BCUT2D eigenvalue weighted by Crippen LogP contribution is -2.49. The third-order valence-corrected chi connectivity index (χ3v) is 15.0. The van der Waals surface area contributed by atoms with E-state index in [1.165, 1.54) is 11.1 Å². The van der Waals surface area contributed by atoms with Crippen LogP contribution >= 0.6 is 11.6 Å². The minimum absolute atomic E-state index is 0.0318. The molecule has 2 N–H and O–H groups in total. The molecule has 0 unspecified atom stereocenters. The SMILES string of the molecule is O=C1NS(=O)(=O)[C@@H](CCS(=O)(=O)Cc2ccccc2)CC/C=C/[C@H](O)[C@@H]2CC[C@H]2CN2C[C@@]3(CCCc4cc(Cl)ccc43)COc3ccc1cc32. The maximum atomic E-state index is 13.8. The molecule has 1 spiro atoms. The second kappa shape index (κ2) is 14.6. The number of allylic oxidation sites excluding steroid dienone is 1. The highest BCUT2D eigenvalue weighted by atomic mass is 35.5. The summed E-state index contributed by atoms with van der Waals surface area (Å²) in [6.45, 7) is 1.73. The first kappa shape index (κ1) is 36.0. The number of halogens is 1. The number of aliphatic hydroxyl groups is 1. The van der Waals surface area contributed by atoms with Gasteiger partial charge in [-0.25, -0.2) is 21.6 Å². The van der Waals surface area contributed by atoms with Crippen LogP contribution < -0.4 is 14.4 Å². The van der Waals surface area contributed by atoms with Crippen LogP contribution in [-0.2, 0) is 37.4 Å². The Morgan fingerprint density at radius 1 is 1.04 bits per heavy atom. The monoisotopic (exact) mass is 752 g/mol. The molecule has 2 heterocycles. The van der Waals surface area contributed by atoms with Gasteiger partial charge < -0.3 is 14.7 Å². The van der Waals surface area contributed by atoms with E-state index in [4.69, 9.17) is 16.3 Å². The molecule has 1 fully saturated rings. The molecular formula is C39H45ClN2O7S2. The Bertz CT molecular complexity index is 2020. The smallest absolute Gasteiger partial charge is 0.264 e. The lowest BCUT2D eigenvalue weighted by molar-refractivity contribution is 0.0456. The van der Waals surface area contributed by atoms with Gasteiger partial charge in [-0.15, -0.1) is 0 Å². The van der Waals surface area contributed by atoms with Crippen LogP contribution in [-0.4, -0.2) is 64.7 Å². The van der Waals surface area contributed by atoms with E-state index < -0.39 is 37.1 Å². The van der Waals surface area contributed by atoms with E-state index in [1.807, 2.05) is 12.1 Å². The van der Waals surface area contributed by atoms with Crippen molar-refractivity contribution < 1.29 is 31.5 Å². The van der Waals surface area contributed by atoms with Gasteiger partial charge >= 0.3 is 0 Å². The molecule has 0 saturated heterocycles. The Kier molecular flexibility index (Phi) is 10.3. The Hall–Kier alpha value is -3.38. The van der Waals surface area contributed by atoms with E-state index in [1.54, 1.807) is 60.7 Å². The number of sulfonamides is 1. The Labute approximate surface area is 306 Å². The second-order valence-corrected chi connectivity index (χ2v) is 19.3. The number of aryl methyl sites for hydroxylation is 1. The summed E-state index contributed by atoms with van der Waals surface area (Å²) >= 11 is 6.41. The average Bonchev–Trinajstić information content (AvgIpc) is 3.22. The van der Waals surface area contributed by atoms with Gasteiger partial charge in [-0.1, -0.05) is 60.2 Å². The number of hydrogen-bond donors (Lipinski definition) is 2. The number of benzene rings is 3. The summed E-state index contributed by atoms with van der Waals surface area (Å²) in [5, 5.41) is 10.8. The number of carbonyl (C=O) groups excluding carboxylic acids is 1. The summed E-state index contributed by atoms with van der Waals surface area (Å²) in [4.78, 5) is 16.0. The molecule has 1 saturated carbocycles. The largest absolute Gasteiger partial charge is 0.490 e. The number of hydrogen-bond acceptors (Lipinski definition) is 8. The molecule has 2 aliphatic heterocycles. The first-order valence-corrected chi connectivity index (χ1v) is 21.6. The summed E-state index contributed by atoms with van der Waals surface area (Å²) in [7, 11) is -7.91. The summed E-state index contributed by atoms with van der Waals surface area (Å²) in [6.07, 6.45) is 7.74. The summed E-state index contributed by atoms with van der Waals surface area (Å²) in [5.41, 5.74) is 3.62. The summed E-state index contributed by atoms with van der Waals surface area (Å²) < 4.78 is 62.5. The molecule has 3 aromatic carbocycles. The van der Waals surface area contributed by atoms with Crippen molar-refractivity contribution in [2.45, 2.75) is 73.9 Å². The predicted octanol–water partition coefficient (Wildman–Crippen LogP) is 5.98. The van der Waals surface area contributed by atoms with Gasteiger partial charge in [0, 0.05) is 29.1 Å². The molecule has 0 radical (unpaired) electrons. The Balaban J connectivity index is 1.20. The van der Waals surface area contributed by atoms with E-state index in [0.717, 1.165) is 32.1 Å². The molecule has 5 atom stereocenters. The number of carbonyl (C=O) groups is 1.